The number of nitrogens with zero attached hydrogens (tertiary/aromatic N) is 2. The van der Waals surface area contributed by atoms with Gasteiger partial charge in [0.15, 0.2) is 0 Å². The number of hydrogen-bond acceptors (Lipinski definition) is 3. The van der Waals surface area contributed by atoms with E-state index < -0.39 is 0 Å². The van der Waals surface area contributed by atoms with E-state index in [0.29, 0.717) is 11.9 Å². The standard InChI is InChI=1S/C12H18N2O2/c15-12-10-3-1-2-4-11(10)13-14(12)9-5-7-16-8-6-9/h9,15H,1-8H2. The molecule has 0 bridgehead atoms. The van der Waals surface area contributed by atoms with Crippen LogP contribution >= 0.6 is 0 Å². The largest absolute Gasteiger partial charge is 0.493 e. The summed E-state index contributed by atoms with van der Waals surface area (Å²) in [5.74, 6) is 0.418. The Balaban J connectivity index is 1.91. The summed E-state index contributed by atoms with van der Waals surface area (Å²) in [7, 11) is 0. The normalized spacial score (nSPS) is 22.0. The van der Waals surface area contributed by atoms with Crippen LogP contribution in [0.4, 0.5) is 0 Å². The van der Waals surface area contributed by atoms with E-state index >= 15 is 0 Å². The van der Waals surface area contributed by atoms with Gasteiger partial charge in [-0.2, -0.15) is 5.10 Å². The Morgan fingerprint density at radius 2 is 1.94 bits per heavy atom. The Bertz CT molecular complexity index is 381. The number of fused-ring (bicyclic) bond motifs is 1. The van der Waals surface area contributed by atoms with E-state index in [1.165, 1.54) is 12.8 Å². The summed E-state index contributed by atoms with van der Waals surface area (Å²) >= 11 is 0. The van der Waals surface area contributed by atoms with Gasteiger partial charge >= 0.3 is 0 Å². The van der Waals surface area contributed by atoms with Crippen molar-refractivity contribution in [2.24, 2.45) is 0 Å². The number of aromatic hydroxyl groups is 1. The van der Waals surface area contributed by atoms with Crippen molar-refractivity contribution < 1.29 is 9.84 Å². The van der Waals surface area contributed by atoms with E-state index in [0.717, 1.165) is 50.2 Å². The van der Waals surface area contributed by atoms with Gasteiger partial charge in [-0.15, -0.1) is 0 Å². The number of hydrogen-bond donors (Lipinski definition) is 1. The van der Waals surface area contributed by atoms with Gasteiger partial charge in [0, 0.05) is 18.8 Å². The Hall–Kier alpha value is -1.03. The molecule has 1 saturated heterocycles. The number of aryl methyl sites for hydroxylation is 1. The molecular weight excluding hydrogens is 204 g/mol. The third-order valence-corrected chi connectivity index (χ3v) is 3.69. The lowest BCUT2D eigenvalue weighted by atomic mass is 9.98. The second kappa shape index (κ2) is 4.09. The Morgan fingerprint density at radius 1 is 1.19 bits per heavy atom. The second-order valence-electron chi connectivity index (χ2n) is 4.74. The average Bonchev–Trinajstić information content (AvgIpc) is 2.69. The minimum Gasteiger partial charge on any atom is -0.493 e. The summed E-state index contributed by atoms with van der Waals surface area (Å²) in [4.78, 5) is 0. The first kappa shape index (κ1) is 10.1. The van der Waals surface area contributed by atoms with Gasteiger partial charge in [0.25, 0.3) is 0 Å². The Morgan fingerprint density at radius 3 is 2.69 bits per heavy atom. The van der Waals surface area contributed by atoms with Crippen molar-refractivity contribution in [2.75, 3.05) is 13.2 Å². The van der Waals surface area contributed by atoms with Crippen LogP contribution in [0, 0.1) is 0 Å². The molecular formula is C12H18N2O2. The number of aromatic nitrogens is 2. The molecule has 1 N–H and O–H groups in total. The van der Waals surface area contributed by atoms with Gasteiger partial charge in [0.05, 0.1) is 11.7 Å². The quantitative estimate of drug-likeness (QED) is 0.788. The molecule has 1 aromatic heterocycles. The molecule has 3 rings (SSSR count). The number of ether oxygens (including phenoxy) is 1. The molecule has 16 heavy (non-hydrogen) atoms. The summed E-state index contributed by atoms with van der Waals surface area (Å²) < 4.78 is 7.19. The van der Waals surface area contributed by atoms with Gasteiger partial charge < -0.3 is 9.84 Å². The third kappa shape index (κ3) is 1.61. The van der Waals surface area contributed by atoms with Crippen molar-refractivity contribution in [1.29, 1.82) is 0 Å². The van der Waals surface area contributed by atoms with Crippen LogP contribution in [0.1, 0.15) is 43.0 Å². The third-order valence-electron chi connectivity index (χ3n) is 3.69. The summed E-state index contributed by atoms with van der Waals surface area (Å²) in [5.41, 5.74) is 2.22. The van der Waals surface area contributed by atoms with Crippen molar-refractivity contribution in [1.82, 2.24) is 9.78 Å². The SMILES string of the molecule is Oc1c2c(nn1C1CCOCC1)CCCC2. The predicted molar refractivity (Wildman–Crippen MR) is 59.6 cm³/mol. The van der Waals surface area contributed by atoms with Crippen LogP contribution in [-0.2, 0) is 17.6 Å². The van der Waals surface area contributed by atoms with Gasteiger partial charge in [-0.1, -0.05) is 0 Å². The highest BCUT2D eigenvalue weighted by atomic mass is 16.5. The van der Waals surface area contributed by atoms with E-state index in [2.05, 4.69) is 5.10 Å². The second-order valence-corrected chi connectivity index (χ2v) is 4.74. The summed E-state index contributed by atoms with van der Waals surface area (Å²) in [6, 6.07) is 0.333. The first-order valence-electron chi connectivity index (χ1n) is 6.23. The minimum atomic E-state index is 0.333. The van der Waals surface area contributed by atoms with Gasteiger partial charge in [-0.05, 0) is 38.5 Å². The van der Waals surface area contributed by atoms with Gasteiger partial charge in [-0.3, -0.25) is 0 Å². The van der Waals surface area contributed by atoms with Crippen molar-refractivity contribution in [3.63, 3.8) is 0 Å². The molecule has 1 aliphatic heterocycles. The highest BCUT2D eigenvalue weighted by Gasteiger charge is 2.25. The van der Waals surface area contributed by atoms with Crippen molar-refractivity contribution in [3.8, 4) is 5.88 Å². The predicted octanol–water partition coefficient (Wildman–Crippen LogP) is 1.82. The fourth-order valence-electron chi connectivity index (χ4n) is 2.74. The fourth-order valence-corrected chi connectivity index (χ4v) is 2.74. The van der Waals surface area contributed by atoms with Crippen LogP contribution in [0.15, 0.2) is 0 Å². The molecule has 1 fully saturated rings. The zero-order valence-corrected chi connectivity index (χ0v) is 9.48. The molecule has 1 aliphatic carbocycles. The summed E-state index contributed by atoms with van der Waals surface area (Å²) in [6.07, 6.45) is 6.34. The highest BCUT2D eigenvalue weighted by Crippen LogP contribution is 2.33. The van der Waals surface area contributed by atoms with Gasteiger partial charge in [-0.25, -0.2) is 4.68 Å². The van der Waals surface area contributed by atoms with E-state index in [9.17, 15) is 5.11 Å². The summed E-state index contributed by atoms with van der Waals surface area (Å²) in [5, 5.41) is 14.8. The maximum Gasteiger partial charge on any atom is 0.213 e. The molecule has 0 saturated carbocycles. The van der Waals surface area contributed by atoms with E-state index in [1.54, 1.807) is 0 Å². The lowest BCUT2D eigenvalue weighted by Crippen LogP contribution is -2.20. The molecule has 4 heteroatoms. The minimum absolute atomic E-state index is 0.333. The topological polar surface area (TPSA) is 47.3 Å². The molecule has 0 amide bonds. The summed E-state index contributed by atoms with van der Waals surface area (Å²) in [6.45, 7) is 1.57. The number of rotatable bonds is 1. The average molecular weight is 222 g/mol. The zero-order chi connectivity index (χ0) is 11.0. The van der Waals surface area contributed by atoms with Gasteiger partial charge in [0.1, 0.15) is 0 Å². The van der Waals surface area contributed by atoms with Crippen LogP contribution in [0.2, 0.25) is 0 Å². The van der Waals surface area contributed by atoms with Crippen LogP contribution in [0.25, 0.3) is 0 Å². The van der Waals surface area contributed by atoms with Crippen LogP contribution in [0.3, 0.4) is 0 Å². The van der Waals surface area contributed by atoms with Crippen LogP contribution < -0.4 is 0 Å². The molecule has 0 atom stereocenters. The van der Waals surface area contributed by atoms with E-state index in [-0.39, 0.29) is 0 Å². The Kier molecular flexibility index (Phi) is 2.59. The molecule has 0 unspecified atom stereocenters. The highest BCUT2D eigenvalue weighted by molar-refractivity contribution is 5.33. The van der Waals surface area contributed by atoms with E-state index in [4.69, 9.17) is 4.74 Å². The molecule has 0 radical (unpaired) electrons. The van der Waals surface area contributed by atoms with Crippen molar-refractivity contribution >= 4 is 0 Å². The molecule has 4 nitrogen and oxygen atoms in total. The Labute approximate surface area is 95.2 Å². The van der Waals surface area contributed by atoms with Gasteiger partial charge in [0.2, 0.25) is 5.88 Å². The smallest absolute Gasteiger partial charge is 0.213 e. The molecule has 0 spiro atoms. The molecule has 1 aromatic rings. The van der Waals surface area contributed by atoms with Crippen molar-refractivity contribution in [3.05, 3.63) is 11.3 Å². The first-order chi connectivity index (χ1) is 7.86. The zero-order valence-electron chi connectivity index (χ0n) is 9.48. The van der Waals surface area contributed by atoms with Crippen LogP contribution in [-0.4, -0.2) is 28.1 Å². The maximum atomic E-state index is 10.2. The van der Waals surface area contributed by atoms with Crippen molar-refractivity contribution in [2.45, 2.75) is 44.6 Å². The monoisotopic (exact) mass is 222 g/mol. The molecule has 0 aromatic carbocycles. The van der Waals surface area contributed by atoms with E-state index in [1.807, 2.05) is 4.68 Å². The fraction of sp³-hybridized carbons (Fsp3) is 0.750. The molecule has 2 aliphatic rings. The molecule has 2 heterocycles. The lowest BCUT2D eigenvalue weighted by molar-refractivity contribution is 0.0638. The first-order valence-corrected chi connectivity index (χ1v) is 6.23. The van der Waals surface area contributed by atoms with Crippen LogP contribution in [0.5, 0.6) is 5.88 Å². The maximum absolute atomic E-state index is 10.2. The molecule has 88 valence electrons. The lowest BCUT2D eigenvalue weighted by Gasteiger charge is -2.22.